The molecule has 12 rings (SSSR count). The van der Waals surface area contributed by atoms with Gasteiger partial charge in [-0.05, 0) is 167 Å². The Bertz CT molecular complexity index is 1430. The predicted molar refractivity (Wildman–Crippen MR) is 181 cm³/mol. The van der Waals surface area contributed by atoms with Crippen molar-refractivity contribution in [2.45, 2.75) is 147 Å². The second-order valence-electron chi connectivity index (χ2n) is 20.7. The summed E-state index contributed by atoms with van der Waals surface area (Å²) in [6.07, 6.45) is 15.0. The van der Waals surface area contributed by atoms with E-state index in [9.17, 15) is 19.5 Å². The van der Waals surface area contributed by atoms with Gasteiger partial charge in [-0.3, -0.25) is 14.4 Å². The van der Waals surface area contributed by atoms with E-state index in [1.54, 1.807) is 0 Å². The number of epoxide rings is 1. The van der Waals surface area contributed by atoms with E-state index < -0.39 is 40.2 Å². The summed E-state index contributed by atoms with van der Waals surface area (Å²) in [6, 6.07) is 0. The van der Waals surface area contributed by atoms with E-state index in [0.29, 0.717) is 60.0 Å². The highest BCUT2D eigenvalue weighted by Crippen LogP contribution is 2.66. The molecular formula is C42H58O7. The summed E-state index contributed by atoms with van der Waals surface area (Å²) in [5.74, 6) is 2.44. The SMILES string of the molecule is C/C1=C\[C@@H]2[C@H](CC[C@]3(CO3)[C@H](OC(=O)C34CC5CC(CC(C5)C3)C4)[C@H]3[C@@H](OC(=O)C45CC6CC(CC(C6)C4)C5)[C@@H](C)C[C@]3(O)C1=O)C2(C)C. The zero-order valence-corrected chi connectivity index (χ0v) is 30.2. The fourth-order valence-electron chi connectivity index (χ4n) is 15.2. The van der Waals surface area contributed by atoms with Crippen LogP contribution in [0.5, 0.6) is 0 Å². The van der Waals surface area contributed by atoms with Crippen LogP contribution in [0.2, 0.25) is 0 Å². The molecule has 7 heteroatoms. The van der Waals surface area contributed by atoms with Crippen LogP contribution in [0.25, 0.3) is 0 Å². The number of ether oxygens (including phenoxy) is 3. The number of ketones is 1. The average Bonchev–Trinajstić information content (AvgIpc) is 3.89. The second-order valence-corrected chi connectivity index (χ2v) is 20.7. The molecule has 1 N–H and O–H groups in total. The average molecular weight is 675 g/mol. The van der Waals surface area contributed by atoms with Crippen LogP contribution >= 0.6 is 0 Å². The van der Waals surface area contributed by atoms with Crippen molar-refractivity contribution in [3.63, 3.8) is 0 Å². The molecule has 1 spiro atoms. The van der Waals surface area contributed by atoms with Gasteiger partial charge in [0, 0.05) is 0 Å². The Morgan fingerprint density at radius 3 is 1.73 bits per heavy atom. The Morgan fingerprint density at radius 2 is 1.27 bits per heavy atom. The van der Waals surface area contributed by atoms with E-state index in [2.05, 4.69) is 19.9 Å². The molecular weight excluding hydrogens is 616 g/mol. The third kappa shape index (κ3) is 4.61. The molecule has 8 bridgehead atoms. The van der Waals surface area contributed by atoms with Crippen LogP contribution in [-0.2, 0) is 28.6 Å². The van der Waals surface area contributed by atoms with Gasteiger partial charge in [0.25, 0.3) is 0 Å². The van der Waals surface area contributed by atoms with Gasteiger partial charge in [0.1, 0.15) is 23.4 Å². The van der Waals surface area contributed by atoms with Crippen LogP contribution in [0.4, 0.5) is 0 Å². The number of Topliss-reactive ketones (excluding diaryl/α,β-unsaturated/α-hetero) is 1. The minimum absolute atomic E-state index is 0.0586. The Kier molecular flexibility index (Phi) is 6.67. The van der Waals surface area contributed by atoms with Crippen LogP contribution < -0.4 is 0 Å². The zero-order valence-electron chi connectivity index (χ0n) is 30.2. The Hall–Kier alpha value is -1.73. The minimum Gasteiger partial charge on any atom is -0.461 e. The van der Waals surface area contributed by atoms with Crippen molar-refractivity contribution in [2.24, 2.45) is 75.4 Å². The number of aliphatic hydroxyl groups is 1. The molecule has 11 aliphatic carbocycles. The first-order valence-corrected chi connectivity index (χ1v) is 20.2. The van der Waals surface area contributed by atoms with Crippen LogP contribution in [0, 0.1) is 75.4 Å². The molecule has 11 fully saturated rings. The summed E-state index contributed by atoms with van der Waals surface area (Å²) in [6.45, 7) is 8.82. The van der Waals surface area contributed by atoms with Crippen molar-refractivity contribution in [3.8, 4) is 0 Å². The molecule has 268 valence electrons. The molecule has 0 amide bonds. The van der Waals surface area contributed by atoms with E-state index in [-0.39, 0.29) is 41.4 Å². The maximum Gasteiger partial charge on any atom is 0.312 e. The summed E-state index contributed by atoms with van der Waals surface area (Å²) in [4.78, 5) is 44.1. The van der Waals surface area contributed by atoms with Crippen LogP contribution in [0.15, 0.2) is 11.6 Å². The second kappa shape index (κ2) is 10.2. The van der Waals surface area contributed by atoms with Crippen molar-refractivity contribution >= 4 is 17.7 Å². The molecule has 0 aromatic rings. The van der Waals surface area contributed by atoms with Gasteiger partial charge in [0.15, 0.2) is 5.78 Å². The molecule has 49 heavy (non-hydrogen) atoms. The van der Waals surface area contributed by atoms with Gasteiger partial charge >= 0.3 is 11.9 Å². The van der Waals surface area contributed by atoms with E-state index in [0.717, 1.165) is 44.9 Å². The zero-order chi connectivity index (χ0) is 33.9. The summed E-state index contributed by atoms with van der Waals surface area (Å²) in [7, 11) is 0. The normalized spacial score (nSPS) is 56.8. The predicted octanol–water partition coefficient (Wildman–Crippen LogP) is 6.98. The van der Waals surface area contributed by atoms with Gasteiger partial charge in [-0.2, -0.15) is 0 Å². The van der Waals surface area contributed by atoms with Gasteiger partial charge in [0.2, 0.25) is 0 Å². The van der Waals surface area contributed by atoms with Gasteiger partial charge in [-0.15, -0.1) is 0 Å². The van der Waals surface area contributed by atoms with Crippen LogP contribution in [-0.4, -0.2) is 52.8 Å². The quantitative estimate of drug-likeness (QED) is 0.254. The number of carbonyl (C=O) groups excluding carboxylic acids is 3. The Labute approximate surface area is 292 Å². The van der Waals surface area contributed by atoms with Crippen molar-refractivity contribution < 1.29 is 33.7 Å². The van der Waals surface area contributed by atoms with Crippen molar-refractivity contribution in [1.29, 1.82) is 0 Å². The molecule has 10 saturated carbocycles. The van der Waals surface area contributed by atoms with Gasteiger partial charge in [0.05, 0.1) is 23.4 Å². The highest BCUT2D eigenvalue weighted by molar-refractivity contribution is 6.02. The van der Waals surface area contributed by atoms with Gasteiger partial charge in [-0.1, -0.05) is 26.8 Å². The van der Waals surface area contributed by atoms with E-state index in [4.69, 9.17) is 14.2 Å². The number of hydrogen-bond acceptors (Lipinski definition) is 7. The summed E-state index contributed by atoms with van der Waals surface area (Å²) < 4.78 is 20.1. The molecule has 0 aromatic heterocycles. The largest absolute Gasteiger partial charge is 0.461 e. The maximum absolute atomic E-state index is 14.8. The first-order valence-electron chi connectivity index (χ1n) is 20.2. The molecule has 1 aliphatic heterocycles. The van der Waals surface area contributed by atoms with E-state index in [1.807, 2.05) is 13.8 Å². The minimum atomic E-state index is -1.82. The molecule has 0 unspecified atom stereocenters. The third-order valence-electron chi connectivity index (χ3n) is 17.1. The van der Waals surface area contributed by atoms with Crippen molar-refractivity contribution in [1.82, 2.24) is 0 Å². The summed E-state index contributed by atoms with van der Waals surface area (Å²) >= 11 is 0. The maximum atomic E-state index is 14.8. The van der Waals surface area contributed by atoms with Crippen LogP contribution in [0.1, 0.15) is 124 Å². The topological polar surface area (TPSA) is 102 Å². The van der Waals surface area contributed by atoms with Crippen molar-refractivity contribution in [3.05, 3.63) is 11.6 Å². The fourth-order valence-corrected chi connectivity index (χ4v) is 15.2. The van der Waals surface area contributed by atoms with Crippen LogP contribution in [0.3, 0.4) is 0 Å². The lowest BCUT2D eigenvalue weighted by Crippen LogP contribution is -2.59. The number of allylic oxidation sites excluding steroid dienone is 1. The first kappa shape index (κ1) is 32.0. The molecule has 1 saturated heterocycles. The molecule has 1 heterocycles. The number of hydrogen-bond donors (Lipinski definition) is 1. The highest BCUT2D eigenvalue weighted by atomic mass is 16.6. The summed E-state index contributed by atoms with van der Waals surface area (Å²) in [5.41, 5.74) is -2.93. The smallest absolute Gasteiger partial charge is 0.312 e. The molecule has 0 aromatic carbocycles. The highest BCUT2D eigenvalue weighted by Gasteiger charge is 2.71. The summed E-state index contributed by atoms with van der Waals surface area (Å²) in [5, 5.41) is 12.9. The lowest BCUT2D eigenvalue weighted by Gasteiger charge is -2.56. The Balaban J connectivity index is 1.04. The number of fused-ring (bicyclic) bond motifs is 2. The molecule has 0 radical (unpaired) electrons. The van der Waals surface area contributed by atoms with E-state index >= 15 is 0 Å². The Morgan fingerprint density at radius 1 is 0.796 bits per heavy atom. The third-order valence-corrected chi connectivity index (χ3v) is 17.1. The first-order chi connectivity index (χ1) is 23.2. The number of esters is 2. The fraction of sp³-hybridized carbons (Fsp3) is 0.881. The monoisotopic (exact) mass is 674 g/mol. The van der Waals surface area contributed by atoms with Crippen molar-refractivity contribution in [2.75, 3.05) is 6.61 Å². The molecule has 12 aliphatic rings. The number of carbonyl (C=O) groups is 3. The van der Waals surface area contributed by atoms with Gasteiger partial charge < -0.3 is 19.3 Å². The lowest BCUT2D eigenvalue weighted by molar-refractivity contribution is -0.202. The van der Waals surface area contributed by atoms with Gasteiger partial charge in [-0.25, -0.2) is 0 Å². The standard InChI is InChI=1S/C42H58O7/c1-22-7-31-30(38(31,3)4)5-6-41(21-47-41)35(49-37(45)40-18-27-11-28(19-40)13-29(12-27)20-40)32-33(23(2)14-42(32,46)34(22)43)48-36(44)39-15-24-8-25(16-39)10-26(9-24)17-39/h7,23-33,35,46H,5-6,8-21H2,1-4H3/b22-7+/t23-,24?,25?,26?,27?,28?,29?,30-,31+,32+,33-,35+,39?,40?,41-,42+/m0/s1. The molecule has 7 nitrogen and oxygen atoms in total. The number of rotatable bonds is 4. The molecule has 8 atom stereocenters. The lowest BCUT2D eigenvalue weighted by atomic mass is 9.49. The van der Waals surface area contributed by atoms with E-state index in [1.165, 1.54) is 38.5 Å².